The number of hydrogen-bond acceptors (Lipinski definition) is 10. The molecular weight excluding hydrogens is 547 g/mol. The van der Waals surface area contributed by atoms with Gasteiger partial charge >= 0.3 is 8.25 Å². The van der Waals surface area contributed by atoms with Crippen LogP contribution in [-0.4, -0.2) is 50.5 Å². The van der Waals surface area contributed by atoms with Gasteiger partial charge in [0, 0.05) is 0 Å². The first-order chi connectivity index (χ1) is 19.1. The van der Waals surface area contributed by atoms with Crippen LogP contribution in [0.4, 0.5) is 5.82 Å². The molecule has 2 rings (SSSR count). The molecule has 0 aliphatic rings. The molecule has 0 saturated carbocycles. The van der Waals surface area contributed by atoms with E-state index in [4.69, 9.17) is 19.5 Å². The minimum Gasteiger partial charge on any atom is -0.382 e. The summed E-state index contributed by atoms with van der Waals surface area (Å²) in [5.41, 5.74) is 7.04. The number of nitrogen functional groups attached to an aromatic ring is 1. The van der Waals surface area contributed by atoms with Crippen LogP contribution >= 0.6 is 20.0 Å². The molecule has 0 aliphatic heterocycles. The van der Waals surface area contributed by atoms with Crippen LogP contribution in [0.2, 0.25) is 0 Å². The third-order valence-corrected chi connectivity index (χ3v) is 8.66. The van der Waals surface area contributed by atoms with Gasteiger partial charge in [0.2, 0.25) is 0 Å². The third-order valence-electron chi connectivity index (χ3n) is 6.71. The first-order valence-electron chi connectivity index (χ1n) is 15.0. The fourth-order valence-electron chi connectivity index (χ4n) is 4.36. The Hall–Kier alpha value is -1.23. The van der Waals surface area contributed by atoms with E-state index in [1.807, 2.05) is 11.5 Å². The van der Waals surface area contributed by atoms with Crippen LogP contribution in [0, 0.1) is 0 Å². The predicted octanol–water partition coefficient (Wildman–Crippen LogP) is 7.96. The summed E-state index contributed by atoms with van der Waals surface area (Å²) in [6.45, 7) is 5.06. The maximum absolute atomic E-state index is 11.9. The fraction of sp³-hybridized carbons (Fsp3) is 0.821. The van der Waals surface area contributed by atoms with Crippen molar-refractivity contribution in [3.05, 3.63) is 12.7 Å². The molecule has 0 aromatic carbocycles. The normalized spacial score (nSPS) is 12.9. The van der Waals surface area contributed by atoms with Crippen molar-refractivity contribution in [1.82, 2.24) is 25.7 Å². The van der Waals surface area contributed by atoms with Gasteiger partial charge in [0.25, 0.3) is 0 Å². The highest BCUT2D eigenvalue weighted by atomic mass is 32.2. The molecule has 0 spiro atoms. The zero-order valence-corrected chi connectivity index (χ0v) is 26.8. The van der Waals surface area contributed by atoms with Crippen LogP contribution in [0.5, 0.6) is 0 Å². The number of aromatic nitrogens is 4. The van der Waals surface area contributed by atoms with Crippen LogP contribution < -0.4 is 11.9 Å². The summed E-state index contributed by atoms with van der Waals surface area (Å²) >= 11 is 2.13. The van der Waals surface area contributed by atoms with E-state index < -0.39 is 8.25 Å². The second kappa shape index (κ2) is 24.4. The van der Waals surface area contributed by atoms with Crippen LogP contribution in [0.1, 0.15) is 110 Å². The van der Waals surface area contributed by atoms with Crippen molar-refractivity contribution in [2.45, 2.75) is 123 Å². The number of ether oxygens (including phenoxy) is 1. The Morgan fingerprint density at radius 2 is 1.48 bits per heavy atom. The van der Waals surface area contributed by atoms with E-state index >= 15 is 0 Å². The number of thioether (sulfide) groups is 1. The Bertz CT molecular complexity index is 907. The van der Waals surface area contributed by atoms with Crippen molar-refractivity contribution < 1.29 is 18.3 Å². The van der Waals surface area contributed by atoms with Crippen LogP contribution in [0.25, 0.3) is 11.2 Å². The van der Waals surface area contributed by atoms with Crippen LogP contribution in [0.15, 0.2) is 12.7 Å². The lowest BCUT2D eigenvalue weighted by Crippen LogP contribution is -2.17. The zero-order chi connectivity index (χ0) is 28.0. The van der Waals surface area contributed by atoms with E-state index in [-0.39, 0.29) is 19.0 Å². The first-order valence-corrected chi connectivity index (χ1v) is 17.4. The molecule has 0 fully saturated rings. The number of nitrogens with two attached hydrogens (primary N) is 1. The molecule has 2 aromatic rings. The molecule has 0 saturated heterocycles. The Balaban J connectivity index is 0.00000800. The van der Waals surface area contributed by atoms with Gasteiger partial charge in [-0.15, -0.1) is 0 Å². The molecule has 1 unspecified atom stereocenters. The maximum Gasteiger partial charge on any atom is 0.321 e. The zero-order valence-electron chi connectivity index (χ0n) is 25.0. The van der Waals surface area contributed by atoms with E-state index in [0.717, 1.165) is 12.8 Å². The molecule has 2 heterocycles. The number of nitrogens with zero attached hydrogens (tertiary/aromatic N) is 4. The van der Waals surface area contributed by atoms with Gasteiger partial charge in [-0.1, -0.05) is 84.0 Å². The largest absolute Gasteiger partial charge is 0.382 e. The highest BCUT2D eigenvalue weighted by Gasteiger charge is 2.11. The summed E-state index contributed by atoms with van der Waals surface area (Å²) in [5, 5.41) is 0. The van der Waals surface area contributed by atoms with Gasteiger partial charge in [0.05, 0.1) is 25.6 Å². The van der Waals surface area contributed by atoms with Gasteiger partial charge < -0.3 is 25.7 Å². The molecule has 0 aliphatic carbocycles. The highest BCUT2D eigenvalue weighted by Crippen LogP contribution is 2.24. The number of hydrogen-bond donors (Lipinski definition) is 2. The number of unbranched alkanes of at least 4 members (excludes halogenated alkanes) is 13. The van der Waals surface area contributed by atoms with Gasteiger partial charge in [-0.25, -0.2) is 15.0 Å². The van der Waals surface area contributed by atoms with Crippen LogP contribution in [-0.2, 0) is 24.9 Å². The Kier molecular flexibility index (Phi) is 22.4. The van der Waals surface area contributed by atoms with E-state index in [2.05, 4.69) is 33.6 Å². The van der Waals surface area contributed by atoms with E-state index in [9.17, 15) is 4.57 Å². The molecule has 2 atom stereocenters. The SMILES string of the molecule is CCCCSCCCCCCCCCCCCCCCO[PH](=O)OCO[C@H](C)Cn1cnc2c(N)ncnc21.N. The number of fused-ring (bicyclic) bond motifs is 1. The van der Waals surface area contributed by atoms with Crippen molar-refractivity contribution in [3.8, 4) is 0 Å². The van der Waals surface area contributed by atoms with Crippen LogP contribution in [0.3, 0.4) is 0 Å². The minimum absolute atomic E-state index is 0. The molecular formula is C28H55N6O4PS. The second-order valence-corrected chi connectivity index (χ2v) is 12.5. The average molecular weight is 603 g/mol. The van der Waals surface area contributed by atoms with Crippen molar-refractivity contribution >= 4 is 37.0 Å². The molecule has 10 nitrogen and oxygen atoms in total. The second-order valence-electron chi connectivity index (χ2n) is 10.2. The molecule has 0 radical (unpaired) electrons. The Morgan fingerprint density at radius 3 is 2.12 bits per heavy atom. The summed E-state index contributed by atoms with van der Waals surface area (Å²) < 4.78 is 29.9. The quantitative estimate of drug-likeness (QED) is 0.0616. The molecule has 232 valence electrons. The van der Waals surface area contributed by atoms with E-state index in [0.29, 0.717) is 30.1 Å². The standard InChI is InChI=1S/C28H52N5O4PS.H3N/c1-3-4-19-39-20-17-15-13-11-9-7-5-6-8-10-12-14-16-18-36-38(34)37-24-35-25(2)21-33-23-32-26-27(29)30-22-31-28(26)33;/h22-23,25,38H,3-21,24H2,1-2H3,(H2,29,30,31);1H3/t25-;/m1./s1. The molecule has 5 N–H and O–H groups in total. The number of rotatable bonds is 26. The van der Waals surface area contributed by atoms with Gasteiger partial charge in [-0.3, -0.25) is 9.09 Å². The van der Waals surface area contributed by atoms with Gasteiger partial charge in [-0.2, -0.15) is 11.8 Å². The Morgan fingerprint density at radius 1 is 0.875 bits per heavy atom. The molecule has 40 heavy (non-hydrogen) atoms. The Labute approximate surface area is 246 Å². The molecule has 2 aromatic heterocycles. The smallest absolute Gasteiger partial charge is 0.321 e. The minimum atomic E-state index is -2.54. The monoisotopic (exact) mass is 602 g/mol. The summed E-state index contributed by atoms with van der Waals surface area (Å²) in [7, 11) is -2.54. The van der Waals surface area contributed by atoms with Gasteiger partial charge in [0.1, 0.15) is 11.8 Å². The van der Waals surface area contributed by atoms with Crippen molar-refractivity contribution in [2.24, 2.45) is 0 Å². The van der Waals surface area contributed by atoms with Crippen molar-refractivity contribution in [2.75, 3.05) is 30.6 Å². The summed E-state index contributed by atoms with van der Waals surface area (Å²) in [5.74, 6) is 3.05. The first kappa shape index (κ1) is 36.8. The van der Waals surface area contributed by atoms with E-state index in [1.165, 1.54) is 101 Å². The fourth-order valence-corrected chi connectivity index (χ4v) is 6.02. The number of imidazole rings is 1. The van der Waals surface area contributed by atoms with Gasteiger partial charge in [0.15, 0.2) is 18.3 Å². The lowest BCUT2D eigenvalue weighted by molar-refractivity contribution is -0.0367. The summed E-state index contributed by atoms with van der Waals surface area (Å²) in [6.07, 6.45) is 22.5. The lowest BCUT2D eigenvalue weighted by Gasteiger charge is -2.14. The predicted molar refractivity (Wildman–Crippen MR) is 168 cm³/mol. The molecule has 0 amide bonds. The highest BCUT2D eigenvalue weighted by molar-refractivity contribution is 7.99. The molecule has 0 bridgehead atoms. The van der Waals surface area contributed by atoms with E-state index in [1.54, 1.807) is 6.33 Å². The third kappa shape index (κ3) is 16.9. The lowest BCUT2D eigenvalue weighted by atomic mass is 10.0. The molecule has 12 heteroatoms. The topological polar surface area (TPSA) is 149 Å². The summed E-state index contributed by atoms with van der Waals surface area (Å²) in [6, 6.07) is 0. The average Bonchev–Trinajstić information content (AvgIpc) is 3.33. The number of anilines is 1. The summed E-state index contributed by atoms with van der Waals surface area (Å²) in [4.78, 5) is 12.4. The van der Waals surface area contributed by atoms with Crippen molar-refractivity contribution in [3.63, 3.8) is 0 Å². The van der Waals surface area contributed by atoms with Crippen molar-refractivity contribution in [1.29, 1.82) is 0 Å². The maximum atomic E-state index is 11.9. The van der Waals surface area contributed by atoms with Gasteiger partial charge in [-0.05, 0) is 37.7 Å².